The van der Waals surface area contributed by atoms with Gasteiger partial charge in [0.05, 0.1) is 18.9 Å². The monoisotopic (exact) mass is 309 g/mol. The molecule has 0 unspecified atom stereocenters. The maximum Gasteiger partial charge on any atom is 0.236 e. The molecule has 2 saturated heterocycles. The minimum absolute atomic E-state index is 0.267. The van der Waals surface area contributed by atoms with Crippen molar-refractivity contribution in [1.82, 2.24) is 19.8 Å². The highest BCUT2D eigenvalue weighted by Crippen LogP contribution is 2.15. The fourth-order valence-corrected chi connectivity index (χ4v) is 3.02. The molecule has 6 nitrogen and oxygen atoms in total. The average Bonchev–Trinajstić information content (AvgIpc) is 3.02. The van der Waals surface area contributed by atoms with Gasteiger partial charge >= 0.3 is 0 Å². The van der Waals surface area contributed by atoms with Crippen molar-refractivity contribution in [2.45, 2.75) is 12.8 Å². The fourth-order valence-electron chi connectivity index (χ4n) is 2.88. The van der Waals surface area contributed by atoms with Crippen LogP contribution in [-0.2, 0) is 4.79 Å². The summed E-state index contributed by atoms with van der Waals surface area (Å²) in [5, 5.41) is 0.416. The van der Waals surface area contributed by atoms with Gasteiger partial charge in [0, 0.05) is 39.3 Å². The van der Waals surface area contributed by atoms with Crippen molar-refractivity contribution < 1.29 is 4.79 Å². The Labute approximate surface area is 129 Å². The quantitative estimate of drug-likeness (QED) is 0.829. The Balaban J connectivity index is 1.49. The maximum absolute atomic E-state index is 12.1. The summed E-state index contributed by atoms with van der Waals surface area (Å²) < 4.78 is 0. The van der Waals surface area contributed by atoms with E-state index < -0.39 is 0 Å². The SMILES string of the molecule is O=C(CN1CCN(c2cncc(Cl)n2)CC1)N1CCCC1. The molecule has 3 heterocycles. The zero-order valence-electron chi connectivity index (χ0n) is 12.0. The lowest BCUT2D eigenvalue weighted by molar-refractivity contribution is -0.131. The van der Waals surface area contributed by atoms with Crippen LogP contribution >= 0.6 is 11.6 Å². The Kier molecular flexibility index (Phi) is 4.55. The number of carbonyl (C=O) groups is 1. The molecule has 2 aliphatic rings. The second-order valence-electron chi connectivity index (χ2n) is 5.55. The van der Waals surface area contributed by atoms with E-state index in [2.05, 4.69) is 19.8 Å². The van der Waals surface area contributed by atoms with Crippen LogP contribution < -0.4 is 4.90 Å². The fraction of sp³-hybridized carbons (Fsp3) is 0.643. The molecule has 0 spiro atoms. The molecule has 0 saturated carbocycles. The van der Waals surface area contributed by atoms with Crippen LogP contribution in [0.25, 0.3) is 0 Å². The topological polar surface area (TPSA) is 52.6 Å². The maximum atomic E-state index is 12.1. The molecular weight excluding hydrogens is 290 g/mol. The van der Waals surface area contributed by atoms with Gasteiger partial charge in [-0.25, -0.2) is 4.98 Å². The van der Waals surface area contributed by atoms with Gasteiger partial charge < -0.3 is 9.80 Å². The molecule has 7 heteroatoms. The highest BCUT2D eigenvalue weighted by atomic mass is 35.5. The summed E-state index contributed by atoms with van der Waals surface area (Å²) in [6.07, 6.45) is 5.56. The number of aromatic nitrogens is 2. The molecule has 1 aromatic heterocycles. The molecule has 0 radical (unpaired) electrons. The summed E-state index contributed by atoms with van der Waals surface area (Å²) in [6, 6.07) is 0. The lowest BCUT2D eigenvalue weighted by atomic mass is 10.3. The van der Waals surface area contributed by atoms with Crippen molar-refractivity contribution in [3.05, 3.63) is 17.5 Å². The van der Waals surface area contributed by atoms with Crippen molar-refractivity contribution in [1.29, 1.82) is 0 Å². The molecule has 1 amide bonds. The number of hydrogen-bond acceptors (Lipinski definition) is 5. The molecular formula is C14H20ClN5O. The molecule has 0 N–H and O–H groups in total. The summed E-state index contributed by atoms with van der Waals surface area (Å²) >= 11 is 5.87. The normalized spacial score (nSPS) is 20.0. The summed E-state index contributed by atoms with van der Waals surface area (Å²) in [7, 11) is 0. The number of rotatable bonds is 3. The second-order valence-corrected chi connectivity index (χ2v) is 5.94. The van der Waals surface area contributed by atoms with Gasteiger partial charge in [-0.2, -0.15) is 0 Å². The number of anilines is 1. The van der Waals surface area contributed by atoms with Crippen molar-refractivity contribution in [3.63, 3.8) is 0 Å². The molecule has 0 aromatic carbocycles. The number of hydrogen-bond donors (Lipinski definition) is 0. The van der Waals surface area contributed by atoms with Gasteiger partial charge in [-0.1, -0.05) is 11.6 Å². The third-order valence-electron chi connectivity index (χ3n) is 4.11. The van der Waals surface area contributed by atoms with Crippen LogP contribution in [0.2, 0.25) is 5.15 Å². The van der Waals surface area contributed by atoms with Crippen LogP contribution in [0.1, 0.15) is 12.8 Å². The van der Waals surface area contributed by atoms with Crippen LogP contribution in [-0.4, -0.2) is 71.5 Å². The van der Waals surface area contributed by atoms with Crippen LogP contribution in [0.3, 0.4) is 0 Å². The molecule has 2 fully saturated rings. The molecule has 0 atom stereocenters. The number of halogens is 1. The Morgan fingerprint density at radius 2 is 1.81 bits per heavy atom. The number of piperazine rings is 1. The minimum Gasteiger partial charge on any atom is -0.353 e. The first-order valence-electron chi connectivity index (χ1n) is 7.45. The van der Waals surface area contributed by atoms with Crippen molar-refractivity contribution in [2.24, 2.45) is 0 Å². The summed E-state index contributed by atoms with van der Waals surface area (Å²) in [4.78, 5) is 26.9. The molecule has 3 rings (SSSR count). The van der Waals surface area contributed by atoms with Gasteiger partial charge in [-0.05, 0) is 12.8 Å². The predicted molar refractivity (Wildman–Crippen MR) is 81.5 cm³/mol. The van der Waals surface area contributed by atoms with Gasteiger partial charge in [0.15, 0.2) is 0 Å². The van der Waals surface area contributed by atoms with Crippen molar-refractivity contribution in [3.8, 4) is 0 Å². The molecule has 0 aliphatic carbocycles. The minimum atomic E-state index is 0.267. The number of amides is 1. The first-order chi connectivity index (χ1) is 10.2. The zero-order chi connectivity index (χ0) is 14.7. The van der Waals surface area contributed by atoms with Gasteiger partial charge in [-0.15, -0.1) is 0 Å². The average molecular weight is 310 g/mol. The molecule has 21 heavy (non-hydrogen) atoms. The Bertz CT molecular complexity index is 498. The van der Waals surface area contributed by atoms with E-state index in [0.29, 0.717) is 11.7 Å². The van der Waals surface area contributed by atoms with Crippen LogP contribution in [0.5, 0.6) is 0 Å². The van der Waals surface area contributed by atoms with E-state index in [1.807, 2.05) is 4.90 Å². The predicted octanol–water partition coefficient (Wildman–Crippen LogP) is 0.874. The first-order valence-corrected chi connectivity index (χ1v) is 7.83. The standard InChI is InChI=1S/C14H20ClN5O/c15-12-9-16-10-13(17-12)19-7-5-18(6-8-19)11-14(21)20-3-1-2-4-20/h9-10H,1-8,11H2. The first kappa shape index (κ1) is 14.5. The molecule has 114 valence electrons. The summed E-state index contributed by atoms with van der Waals surface area (Å²) in [6.45, 7) is 5.83. The van der Waals surface area contributed by atoms with Crippen LogP contribution in [0, 0.1) is 0 Å². The van der Waals surface area contributed by atoms with Crippen molar-refractivity contribution >= 4 is 23.3 Å². The van der Waals surface area contributed by atoms with Crippen LogP contribution in [0.15, 0.2) is 12.4 Å². The Morgan fingerprint density at radius 1 is 1.10 bits per heavy atom. The van der Waals surface area contributed by atoms with E-state index in [1.54, 1.807) is 6.20 Å². The number of carbonyl (C=O) groups excluding carboxylic acids is 1. The highest BCUT2D eigenvalue weighted by molar-refractivity contribution is 6.29. The van der Waals surface area contributed by atoms with E-state index >= 15 is 0 Å². The second kappa shape index (κ2) is 6.58. The molecule has 1 aromatic rings. The van der Waals surface area contributed by atoms with E-state index in [0.717, 1.165) is 57.9 Å². The molecule has 0 bridgehead atoms. The lowest BCUT2D eigenvalue weighted by Gasteiger charge is -2.35. The van der Waals surface area contributed by atoms with Gasteiger partial charge in [-0.3, -0.25) is 14.7 Å². The van der Waals surface area contributed by atoms with E-state index in [-0.39, 0.29) is 5.91 Å². The van der Waals surface area contributed by atoms with Gasteiger partial charge in [0.25, 0.3) is 0 Å². The highest BCUT2D eigenvalue weighted by Gasteiger charge is 2.23. The summed E-state index contributed by atoms with van der Waals surface area (Å²) in [5.74, 6) is 1.08. The summed E-state index contributed by atoms with van der Waals surface area (Å²) in [5.41, 5.74) is 0. The van der Waals surface area contributed by atoms with Crippen LogP contribution in [0.4, 0.5) is 5.82 Å². The largest absolute Gasteiger partial charge is 0.353 e. The Hall–Kier alpha value is -1.40. The van der Waals surface area contributed by atoms with E-state index in [9.17, 15) is 4.79 Å². The number of nitrogens with zero attached hydrogens (tertiary/aromatic N) is 5. The number of likely N-dealkylation sites (tertiary alicyclic amines) is 1. The van der Waals surface area contributed by atoms with E-state index in [1.165, 1.54) is 6.20 Å². The molecule has 2 aliphatic heterocycles. The Morgan fingerprint density at radius 3 is 2.48 bits per heavy atom. The third-order valence-corrected chi connectivity index (χ3v) is 4.29. The third kappa shape index (κ3) is 3.63. The van der Waals surface area contributed by atoms with Gasteiger partial charge in [0.2, 0.25) is 5.91 Å². The zero-order valence-corrected chi connectivity index (χ0v) is 12.8. The van der Waals surface area contributed by atoms with Crippen molar-refractivity contribution in [2.75, 3.05) is 50.7 Å². The lowest BCUT2D eigenvalue weighted by Crippen LogP contribution is -2.50. The van der Waals surface area contributed by atoms with E-state index in [4.69, 9.17) is 11.6 Å². The van der Waals surface area contributed by atoms with Gasteiger partial charge in [0.1, 0.15) is 11.0 Å². The smallest absolute Gasteiger partial charge is 0.236 e.